The van der Waals surface area contributed by atoms with Gasteiger partial charge in [-0.15, -0.1) is 0 Å². The number of nitrogens with zero attached hydrogens (tertiary/aromatic N) is 2. The molecule has 0 radical (unpaired) electrons. The first-order valence-corrected chi connectivity index (χ1v) is 8.83. The van der Waals surface area contributed by atoms with Crippen molar-refractivity contribution in [3.8, 4) is 0 Å². The van der Waals surface area contributed by atoms with E-state index in [0.29, 0.717) is 16.5 Å². The molecule has 0 aliphatic heterocycles. The van der Waals surface area contributed by atoms with Crippen molar-refractivity contribution >= 4 is 38.3 Å². The number of aromatic nitrogens is 2. The van der Waals surface area contributed by atoms with Gasteiger partial charge in [-0.05, 0) is 24.3 Å². The number of halogens is 1. The van der Waals surface area contributed by atoms with Gasteiger partial charge < -0.3 is 4.98 Å². The molecule has 0 unspecified atom stereocenters. The van der Waals surface area contributed by atoms with Gasteiger partial charge in [0.2, 0.25) is 10.0 Å². The Bertz CT molecular complexity index is 888. The van der Waals surface area contributed by atoms with Crippen LogP contribution < -0.4 is 4.31 Å². The molecule has 0 saturated heterocycles. The van der Waals surface area contributed by atoms with Gasteiger partial charge in [0.1, 0.15) is 5.82 Å². The van der Waals surface area contributed by atoms with Crippen LogP contribution in [0.3, 0.4) is 0 Å². The van der Waals surface area contributed by atoms with Gasteiger partial charge in [-0.25, -0.2) is 13.4 Å². The number of para-hydroxylation sites is 3. The first kappa shape index (κ1) is 14.9. The average Bonchev–Trinajstić information content (AvgIpc) is 2.87. The number of nitrogens with one attached hydrogen (secondary N) is 1. The summed E-state index contributed by atoms with van der Waals surface area (Å²) in [6.07, 6.45) is 1.15. The lowest BCUT2D eigenvalue weighted by Crippen LogP contribution is -2.30. The van der Waals surface area contributed by atoms with E-state index in [9.17, 15) is 8.42 Å². The molecule has 22 heavy (non-hydrogen) atoms. The summed E-state index contributed by atoms with van der Waals surface area (Å²) in [7, 11) is -3.49. The van der Waals surface area contributed by atoms with E-state index in [4.69, 9.17) is 11.6 Å². The smallest absolute Gasteiger partial charge is 0.232 e. The minimum Gasteiger partial charge on any atom is -0.340 e. The fraction of sp³-hybridized carbons (Fsp3) is 0.133. The fourth-order valence-corrected chi connectivity index (χ4v) is 3.41. The van der Waals surface area contributed by atoms with Crippen LogP contribution in [0.2, 0.25) is 5.02 Å². The van der Waals surface area contributed by atoms with E-state index in [1.54, 1.807) is 24.3 Å². The monoisotopic (exact) mass is 335 g/mol. The Kier molecular flexibility index (Phi) is 3.80. The van der Waals surface area contributed by atoms with Crippen molar-refractivity contribution in [2.45, 2.75) is 6.54 Å². The zero-order chi connectivity index (χ0) is 15.7. The van der Waals surface area contributed by atoms with Gasteiger partial charge in [-0.3, -0.25) is 4.31 Å². The maximum Gasteiger partial charge on any atom is 0.232 e. The van der Waals surface area contributed by atoms with Crippen LogP contribution in [0, 0.1) is 0 Å². The van der Waals surface area contributed by atoms with Crippen LogP contribution in [-0.2, 0) is 16.6 Å². The number of hydrogen-bond acceptors (Lipinski definition) is 3. The largest absolute Gasteiger partial charge is 0.340 e. The van der Waals surface area contributed by atoms with Crippen LogP contribution in [0.4, 0.5) is 5.69 Å². The molecule has 5 nitrogen and oxygen atoms in total. The highest BCUT2D eigenvalue weighted by atomic mass is 35.5. The van der Waals surface area contributed by atoms with Crippen molar-refractivity contribution in [1.29, 1.82) is 0 Å². The summed E-state index contributed by atoms with van der Waals surface area (Å²) in [4.78, 5) is 7.54. The number of benzene rings is 2. The van der Waals surface area contributed by atoms with Crippen molar-refractivity contribution in [3.63, 3.8) is 0 Å². The molecule has 1 N–H and O–H groups in total. The molecule has 1 aromatic heterocycles. The fourth-order valence-electron chi connectivity index (χ4n) is 2.25. The van der Waals surface area contributed by atoms with Gasteiger partial charge in [0, 0.05) is 0 Å². The van der Waals surface area contributed by atoms with Crippen LogP contribution in [-0.4, -0.2) is 24.6 Å². The van der Waals surface area contributed by atoms with Gasteiger partial charge in [0.05, 0.1) is 34.5 Å². The molecule has 0 amide bonds. The summed E-state index contributed by atoms with van der Waals surface area (Å²) in [5.41, 5.74) is 2.10. The molecule has 0 bridgehead atoms. The van der Waals surface area contributed by atoms with Crippen LogP contribution in [0.15, 0.2) is 48.5 Å². The lowest BCUT2D eigenvalue weighted by atomic mass is 10.3. The molecule has 0 atom stereocenters. The molecular formula is C15H14ClN3O2S. The molecule has 2 aromatic carbocycles. The second-order valence-electron chi connectivity index (χ2n) is 4.92. The van der Waals surface area contributed by atoms with Crippen molar-refractivity contribution in [2.75, 3.05) is 10.6 Å². The summed E-state index contributed by atoms with van der Waals surface area (Å²) < 4.78 is 25.5. The Hall–Kier alpha value is -2.05. The van der Waals surface area contributed by atoms with Gasteiger partial charge in [-0.2, -0.15) is 0 Å². The van der Waals surface area contributed by atoms with E-state index in [0.717, 1.165) is 17.3 Å². The second kappa shape index (κ2) is 5.62. The number of anilines is 1. The third kappa shape index (κ3) is 2.93. The number of hydrogen-bond donors (Lipinski definition) is 1. The van der Waals surface area contributed by atoms with Crippen molar-refractivity contribution in [2.24, 2.45) is 0 Å². The molecule has 0 aliphatic carbocycles. The van der Waals surface area contributed by atoms with Gasteiger partial charge in [0.15, 0.2) is 0 Å². The number of fused-ring (bicyclic) bond motifs is 1. The zero-order valence-electron chi connectivity index (χ0n) is 11.8. The minimum atomic E-state index is -3.49. The van der Waals surface area contributed by atoms with Crippen molar-refractivity contribution in [1.82, 2.24) is 9.97 Å². The summed E-state index contributed by atoms with van der Waals surface area (Å²) in [5.74, 6) is 0.562. The maximum atomic E-state index is 12.1. The van der Waals surface area contributed by atoms with Crippen LogP contribution in [0.1, 0.15) is 5.82 Å². The molecule has 0 fully saturated rings. The normalized spacial score (nSPS) is 11.7. The third-order valence-electron chi connectivity index (χ3n) is 3.25. The SMILES string of the molecule is CS(=O)(=O)N(Cc1nc2ccccc2[nH]1)c1ccccc1Cl. The Morgan fingerprint density at radius 2 is 1.82 bits per heavy atom. The van der Waals surface area contributed by atoms with E-state index in [2.05, 4.69) is 9.97 Å². The number of rotatable bonds is 4. The topological polar surface area (TPSA) is 66.1 Å². The molecule has 1 heterocycles. The minimum absolute atomic E-state index is 0.0945. The van der Waals surface area contributed by atoms with Gasteiger partial charge in [0.25, 0.3) is 0 Å². The molecule has 7 heteroatoms. The van der Waals surface area contributed by atoms with E-state index in [-0.39, 0.29) is 6.54 Å². The van der Waals surface area contributed by atoms with Crippen LogP contribution >= 0.6 is 11.6 Å². The Balaban J connectivity index is 2.03. The predicted octanol–water partition coefficient (Wildman–Crippen LogP) is 3.18. The quantitative estimate of drug-likeness (QED) is 0.796. The van der Waals surface area contributed by atoms with Gasteiger partial charge >= 0.3 is 0 Å². The Labute approximate surface area is 133 Å². The van der Waals surface area contributed by atoms with Crippen molar-refractivity contribution < 1.29 is 8.42 Å². The number of H-pyrrole nitrogens is 1. The molecule has 0 aliphatic rings. The van der Waals surface area contributed by atoms with Crippen molar-refractivity contribution in [3.05, 3.63) is 59.4 Å². The standard InChI is InChI=1S/C15H14ClN3O2S/c1-22(20,21)19(14-9-5-2-6-11(14)16)10-15-17-12-7-3-4-8-13(12)18-15/h2-9H,10H2,1H3,(H,17,18). The number of sulfonamides is 1. The second-order valence-corrected chi connectivity index (χ2v) is 7.24. The zero-order valence-corrected chi connectivity index (χ0v) is 13.4. The van der Waals surface area contributed by atoms with Crippen LogP contribution in [0.25, 0.3) is 11.0 Å². The lowest BCUT2D eigenvalue weighted by Gasteiger charge is -2.22. The first-order chi connectivity index (χ1) is 10.4. The summed E-state index contributed by atoms with van der Waals surface area (Å²) in [6, 6.07) is 14.4. The first-order valence-electron chi connectivity index (χ1n) is 6.61. The molecule has 3 aromatic rings. The van der Waals surface area contributed by atoms with Gasteiger partial charge in [-0.1, -0.05) is 35.9 Å². The molecular weight excluding hydrogens is 322 g/mol. The highest BCUT2D eigenvalue weighted by molar-refractivity contribution is 7.92. The number of imidazole rings is 1. The predicted molar refractivity (Wildman–Crippen MR) is 88.6 cm³/mol. The summed E-state index contributed by atoms with van der Waals surface area (Å²) in [5, 5.41) is 0.379. The summed E-state index contributed by atoms with van der Waals surface area (Å²) in [6.45, 7) is 0.0945. The molecule has 114 valence electrons. The lowest BCUT2D eigenvalue weighted by molar-refractivity contribution is 0.595. The van der Waals surface area contributed by atoms with E-state index >= 15 is 0 Å². The Morgan fingerprint density at radius 1 is 1.14 bits per heavy atom. The van der Waals surface area contributed by atoms with Crippen LogP contribution in [0.5, 0.6) is 0 Å². The Morgan fingerprint density at radius 3 is 2.50 bits per heavy atom. The van der Waals surface area contributed by atoms with E-state index in [1.807, 2.05) is 24.3 Å². The third-order valence-corrected chi connectivity index (χ3v) is 4.70. The molecule has 0 spiro atoms. The summed E-state index contributed by atoms with van der Waals surface area (Å²) >= 11 is 6.13. The number of aromatic amines is 1. The molecule has 0 saturated carbocycles. The maximum absolute atomic E-state index is 12.1. The van der Waals surface area contributed by atoms with E-state index < -0.39 is 10.0 Å². The average molecular weight is 336 g/mol. The highest BCUT2D eigenvalue weighted by Gasteiger charge is 2.21. The molecule has 3 rings (SSSR count). The highest BCUT2D eigenvalue weighted by Crippen LogP contribution is 2.28. The van der Waals surface area contributed by atoms with E-state index in [1.165, 1.54) is 4.31 Å².